The zero-order valence-electron chi connectivity index (χ0n) is 52.2. The number of rotatable bonds is 66. The van der Waals surface area contributed by atoms with Crippen molar-refractivity contribution >= 4 is 11.9 Å². The van der Waals surface area contributed by atoms with E-state index in [0.29, 0.717) is 25.9 Å². The van der Waals surface area contributed by atoms with Crippen LogP contribution in [0.2, 0.25) is 0 Å². The summed E-state index contributed by atoms with van der Waals surface area (Å²) in [5.74, 6) is -0.0186. The summed E-state index contributed by atoms with van der Waals surface area (Å²) in [6.45, 7) is 4.98. The number of allylic oxidation sites excluding steroid dienone is 4. The van der Waals surface area contributed by atoms with Crippen LogP contribution in [0.5, 0.6) is 0 Å². The van der Waals surface area contributed by atoms with Crippen molar-refractivity contribution < 1.29 is 24.5 Å². The Balaban J connectivity index is 3.40. The molecule has 77 heavy (non-hydrogen) atoms. The smallest absolute Gasteiger partial charge is 0.305 e. The quantitative estimate of drug-likeness (QED) is 0.0320. The van der Waals surface area contributed by atoms with Crippen molar-refractivity contribution in [2.45, 2.75) is 405 Å². The van der Waals surface area contributed by atoms with Crippen LogP contribution in [0.15, 0.2) is 24.3 Å². The van der Waals surface area contributed by atoms with Gasteiger partial charge in [-0.2, -0.15) is 0 Å². The molecule has 0 radical (unpaired) electrons. The zero-order valence-corrected chi connectivity index (χ0v) is 52.2. The Bertz CT molecular complexity index is 1200. The Hall–Kier alpha value is -1.66. The Labute approximate surface area is 481 Å². The van der Waals surface area contributed by atoms with Crippen LogP contribution in [0, 0.1) is 0 Å². The van der Waals surface area contributed by atoms with Gasteiger partial charge in [0.2, 0.25) is 5.91 Å². The van der Waals surface area contributed by atoms with Crippen molar-refractivity contribution in [3.63, 3.8) is 0 Å². The summed E-state index contributed by atoms with van der Waals surface area (Å²) < 4.78 is 5.48. The highest BCUT2D eigenvalue weighted by Gasteiger charge is 2.20. The van der Waals surface area contributed by atoms with Crippen LogP contribution >= 0.6 is 0 Å². The summed E-state index contributed by atoms with van der Waals surface area (Å²) in [7, 11) is 0. The molecule has 0 aliphatic carbocycles. The second-order valence-electron chi connectivity index (χ2n) is 24.2. The number of amides is 1. The van der Waals surface area contributed by atoms with Crippen molar-refractivity contribution in [1.29, 1.82) is 0 Å². The number of ether oxygens (including phenoxy) is 1. The Morgan fingerprint density at radius 2 is 0.649 bits per heavy atom. The minimum atomic E-state index is -0.665. The van der Waals surface area contributed by atoms with Crippen LogP contribution in [0.25, 0.3) is 0 Å². The molecule has 6 heteroatoms. The molecule has 0 fully saturated rings. The van der Waals surface area contributed by atoms with Gasteiger partial charge in [-0.05, 0) is 57.8 Å². The summed E-state index contributed by atoms with van der Waals surface area (Å²) in [4.78, 5) is 24.6. The molecule has 0 rings (SSSR count). The van der Waals surface area contributed by atoms with Gasteiger partial charge in [-0.1, -0.05) is 346 Å². The molecule has 456 valence electrons. The first-order valence-corrected chi connectivity index (χ1v) is 35.1. The predicted octanol–water partition coefficient (Wildman–Crippen LogP) is 22.5. The van der Waals surface area contributed by atoms with Gasteiger partial charge in [0.15, 0.2) is 0 Å². The fourth-order valence-electron chi connectivity index (χ4n) is 11.1. The highest BCUT2D eigenvalue weighted by Crippen LogP contribution is 2.19. The molecular weight excluding hydrogens is 947 g/mol. The summed E-state index contributed by atoms with van der Waals surface area (Å²) in [6.07, 6.45) is 83.7. The average Bonchev–Trinajstić information content (AvgIpc) is 3.43. The lowest BCUT2D eigenvalue weighted by molar-refractivity contribution is -0.143. The maximum atomic E-state index is 12.5. The lowest BCUT2D eigenvalue weighted by Crippen LogP contribution is -2.45. The number of aliphatic hydroxyl groups is 2. The van der Waals surface area contributed by atoms with E-state index in [4.69, 9.17) is 4.74 Å². The van der Waals surface area contributed by atoms with Gasteiger partial charge >= 0.3 is 5.97 Å². The van der Waals surface area contributed by atoms with E-state index in [-0.39, 0.29) is 18.5 Å². The van der Waals surface area contributed by atoms with E-state index in [0.717, 1.165) is 44.9 Å². The van der Waals surface area contributed by atoms with Crippen LogP contribution in [0.1, 0.15) is 393 Å². The monoisotopic (exact) mass is 1080 g/mol. The van der Waals surface area contributed by atoms with Gasteiger partial charge in [0.05, 0.1) is 25.4 Å². The fourth-order valence-corrected chi connectivity index (χ4v) is 11.1. The molecule has 0 aliphatic rings. The van der Waals surface area contributed by atoms with Crippen molar-refractivity contribution in [3.8, 4) is 0 Å². The van der Waals surface area contributed by atoms with Crippen LogP contribution in [-0.4, -0.2) is 47.4 Å². The molecule has 2 unspecified atom stereocenters. The van der Waals surface area contributed by atoms with E-state index in [9.17, 15) is 19.8 Å². The maximum absolute atomic E-state index is 12.5. The summed E-state index contributed by atoms with van der Waals surface area (Å²) >= 11 is 0. The standard InChI is InChI=1S/C71H137NO5/c1-3-5-7-9-11-13-15-17-18-19-31-34-37-40-43-47-51-55-59-63-69(74)68(67-73)72-70(75)64-60-56-52-48-44-41-38-35-32-29-27-25-23-21-20-22-24-26-28-30-33-36-39-42-46-50-54-58-62-66-77-71(76)65-61-57-53-49-45-16-14-12-10-8-6-4-2/h20,22,26,28,68-69,73-74H,3-19,21,23-25,27,29-67H2,1-2H3,(H,72,75)/b22-20-,28-26-. The number of hydrogen-bond acceptors (Lipinski definition) is 5. The minimum Gasteiger partial charge on any atom is -0.466 e. The predicted molar refractivity (Wildman–Crippen MR) is 338 cm³/mol. The van der Waals surface area contributed by atoms with E-state index >= 15 is 0 Å². The second-order valence-corrected chi connectivity index (χ2v) is 24.2. The van der Waals surface area contributed by atoms with E-state index < -0.39 is 12.1 Å². The molecule has 0 spiro atoms. The van der Waals surface area contributed by atoms with Crippen LogP contribution in [0.4, 0.5) is 0 Å². The van der Waals surface area contributed by atoms with Gasteiger partial charge in [-0.3, -0.25) is 9.59 Å². The SMILES string of the molecule is CCCCCCCCCCCCCCCCCCCCCC(O)C(CO)NC(=O)CCCCCCCCCCCCCCC/C=C\C/C=C\CCCCCCCCCCCOC(=O)CCCCCCCCCCCCCC. The van der Waals surface area contributed by atoms with E-state index in [1.807, 2.05) is 0 Å². The Morgan fingerprint density at radius 1 is 0.364 bits per heavy atom. The third kappa shape index (κ3) is 63.4. The molecule has 0 saturated heterocycles. The highest BCUT2D eigenvalue weighted by molar-refractivity contribution is 5.76. The van der Waals surface area contributed by atoms with Gasteiger partial charge in [0.1, 0.15) is 0 Å². The molecule has 0 heterocycles. The van der Waals surface area contributed by atoms with Gasteiger partial charge in [0.25, 0.3) is 0 Å². The molecule has 1 amide bonds. The zero-order chi connectivity index (χ0) is 55.7. The molecular formula is C71H137NO5. The summed E-state index contributed by atoms with van der Waals surface area (Å²) in [5.41, 5.74) is 0. The third-order valence-electron chi connectivity index (χ3n) is 16.5. The number of carbonyl (C=O) groups is 2. The molecule has 0 bridgehead atoms. The Morgan fingerprint density at radius 3 is 0.987 bits per heavy atom. The molecule has 6 nitrogen and oxygen atoms in total. The lowest BCUT2D eigenvalue weighted by Gasteiger charge is -2.22. The fraction of sp³-hybridized carbons (Fsp3) is 0.915. The normalized spacial score (nSPS) is 12.6. The molecule has 0 aromatic heterocycles. The van der Waals surface area contributed by atoms with Crippen LogP contribution < -0.4 is 5.32 Å². The van der Waals surface area contributed by atoms with Gasteiger partial charge in [0, 0.05) is 12.8 Å². The van der Waals surface area contributed by atoms with Crippen molar-refractivity contribution in [3.05, 3.63) is 24.3 Å². The molecule has 0 aromatic rings. The number of carbonyl (C=O) groups excluding carboxylic acids is 2. The van der Waals surface area contributed by atoms with Crippen molar-refractivity contribution in [2.75, 3.05) is 13.2 Å². The molecule has 3 N–H and O–H groups in total. The molecule has 0 aromatic carbocycles. The largest absolute Gasteiger partial charge is 0.466 e. The van der Waals surface area contributed by atoms with E-state index in [2.05, 4.69) is 43.5 Å². The topological polar surface area (TPSA) is 95.9 Å². The number of unbranched alkanes of at least 4 members (excludes halogenated alkanes) is 51. The first kappa shape index (κ1) is 75.3. The lowest BCUT2D eigenvalue weighted by atomic mass is 10.0. The second kappa shape index (κ2) is 66.8. The van der Waals surface area contributed by atoms with Gasteiger partial charge in [-0.15, -0.1) is 0 Å². The van der Waals surface area contributed by atoms with Crippen molar-refractivity contribution in [2.24, 2.45) is 0 Å². The Kier molecular flexibility index (Phi) is 65.4. The maximum Gasteiger partial charge on any atom is 0.305 e. The first-order chi connectivity index (χ1) is 38.0. The molecule has 0 saturated carbocycles. The third-order valence-corrected chi connectivity index (χ3v) is 16.5. The van der Waals surface area contributed by atoms with E-state index in [1.54, 1.807) is 0 Å². The number of nitrogens with one attached hydrogen (secondary N) is 1. The summed E-state index contributed by atoms with van der Waals surface area (Å²) in [5, 5.41) is 23.4. The number of hydrogen-bond donors (Lipinski definition) is 3. The van der Waals surface area contributed by atoms with Crippen molar-refractivity contribution in [1.82, 2.24) is 5.32 Å². The van der Waals surface area contributed by atoms with Gasteiger partial charge < -0.3 is 20.3 Å². The van der Waals surface area contributed by atoms with Gasteiger partial charge in [-0.25, -0.2) is 0 Å². The van der Waals surface area contributed by atoms with E-state index in [1.165, 1.54) is 315 Å². The number of esters is 1. The number of aliphatic hydroxyl groups excluding tert-OH is 2. The summed E-state index contributed by atoms with van der Waals surface area (Å²) in [6, 6.07) is -0.543. The highest BCUT2D eigenvalue weighted by atomic mass is 16.5. The average molecular weight is 1080 g/mol. The molecule has 2 atom stereocenters. The minimum absolute atomic E-state index is 0.0134. The van der Waals surface area contributed by atoms with Crippen LogP contribution in [0.3, 0.4) is 0 Å². The molecule has 0 aliphatic heterocycles. The first-order valence-electron chi connectivity index (χ1n) is 35.1. The van der Waals surface area contributed by atoms with Crippen LogP contribution in [-0.2, 0) is 14.3 Å².